The number of benzene rings is 1. The van der Waals surface area contributed by atoms with Crippen LogP contribution >= 0.6 is 0 Å². The lowest BCUT2D eigenvalue weighted by Crippen LogP contribution is -2.27. The summed E-state index contributed by atoms with van der Waals surface area (Å²) in [5.74, 6) is 1.96. The summed E-state index contributed by atoms with van der Waals surface area (Å²) in [5.41, 5.74) is 1.07. The molecule has 0 spiro atoms. The SMILES string of the molecule is COc1ccc(CCC(=O)NCC(C)C)cc1OC. The van der Waals surface area contributed by atoms with Gasteiger partial charge in [0.2, 0.25) is 5.91 Å². The van der Waals surface area contributed by atoms with E-state index in [9.17, 15) is 4.79 Å². The number of carbonyl (C=O) groups is 1. The number of aryl methyl sites for hydroxylation is 1. The zero-order chi connectivity index (χ0) is 14.3. The summed E-state index contributed by atoms with van der Waals surface area (Å²) in [7, 11) is 3.22. The number of methoxy groups -OCH3 is 2. The fourth-order valence-corrected chi connectivity index (χ4v) is 1.70. The normalized spacial score (nSPS) is 10.4. The fourth-order valence-electron chi connectivity index (χ4n) is 1.70. The van der Waals surface area contributed by atoms with E-state index < -0.39 is 0 Å². The zero-order valence-electron chi connectivity index (χ0n) is 12.2. The van der Waals surface area contributed by atoms with Gasteiger partial charge in [-0.3, -0.25) is 4.79 Å². The molecule has 106 valence electrons. The fraction of sp³-hybridized carbons (Fsp3) is 0.533. The second-order valence-electron chi connectivity index (χ2n) is 4.89. The van der Waals surface area contributed by atoms with Gasteiger partial charge >= 0.3 is 0 Å². The monoisotopic (exact) mass is 265 g/mol. The topological polar surface area (TPSA) is 47.6 Å². The van der Waals surface area contributed by atoms with Gasteiger partial charge in [0.05, 0.1) is 14.2 Å². The third kappa shape index (κ3) is 5.20. The van der Waals surface area contributed by atoms with E-state index >= 15 is 0 Å². The van der Waals surface area contributed by atoms with Crippen molar-refractivity contribution in [2.45, 2.75) is 26.7 Å². The molecule has 1 aromatic rings. The Morgan fingerprint density at radius 1 is 1.21 bits per heavy atom. The van der Waals surface area contributed by atoms with Gasteiger partial charge in [0.15, 0.2) is 11.5 Å². The minimum absolute atomic E-state index is 0.0866. The van der Waals surface area contributed by atoms with Crippen LogP contribution in [0.4, 0.5) is 0 Å². The van der Waals surface area contributed by atoms with E-state index in [0.29, 0.717) is 30.3 Å². The first-order chi connectivity index (χ1) is 9.06. The second kappa shape index (κ2) is 7.67. The highest BCUT2D eigenvalue weighted by atomic mass is 16.5. The molecule has 1 aromatic carbocycles. The van der Waals surface area contributed by atoms with Crippen molar-refractivity contribution in [2.75, 3.05) is 20.8 Å². The van der Waals surface area contributed by atoms with E-state index in [1.165, 1.54) is 0 Å². The Kier molecular flexibility index (Phi) is 6.19. The van der Waals surface area contributed by atoms with Crippen LogP contribution in [-0.4, -0.2) is 26.7 Å². The van der Waals surface area contributed by atoms with Crippen LogP contribution in [0.3, 0.4) is 0 Å². The molecule has 4 nitrogen and oxygen atoms in total. The van der Waals surface area contributed by atoms with Gasteiger partial charge in [0.1, 0.15) is 0 Å². The van der Waals surface area contributed by atoms with Crippen LogP contribution in [-0.2, 0) is 11.2 Å². The number of hydrogen-bond acceptors (Lipinski definition) is 3. The van der Waals surface area contributed by atoms with Crippen molar-refractivity contribution >= 4 is 5.91 Å². The summed E-state index contributed by atoms with van der Waals surface area (Å²) in [6.45, 7) is 4.88. The second-order valence-corrected chi connectivity index (χ2v) is 4.89. The molecule has 4 heteroatoms. The molecule has 0 radical (unpaired) electrons. The largest absolute Gasteiger partial charge is 0.493 e. The van der Waals surface area contributed by atoms with Crippen LogP contribution in [0.2, 0.25) is 0 Å². The van der Waals surface area contributed by atoms with Crippen LogP contribution in [0.15, 0.2) is 18.2 Å². The molecule has 0 aromatic heterocycles. The van der Waals surface area contributed by atoms with Crippen LogP contribution in [0, 0.1) is 5.92 Å². The summed E-state index contributed by atoms with van der Waals surface area (Å²) >= 11 is 0. The maximum Gasteiger partial charge on any atom is 0.220 e. The summed E-state index contributed by atoms with van der Waals surface area (Å²) in [4.78, 5) is 11.6. The Hall–Kier alpha value is -1.71. The van der Waals surface area contributed by atoms with Gasteiger partial charge in [-0.1, -0.05) is 19.9 Å². The molecule has 0 aliphatic heterocycles. The quantitative estimate of drug-likeness (QED) is 0.823. The van der Waals surface area contributed by atoms with Gasteiger partial charge in [-0.05, 0) is 30.0 Å². The first kappa shape index (κ1) is 15.3. The van der Waals surface area contributed by atoms with Crippen molar-refractivity contribution in [1.29, 1.82) is 0 Å². The lowest BCUT2D eigenvalue weighted by atomic mass is 10.1. The molecule has 19 heavy (non-hydrogen) atoms. The molecule has 0 saturated carbocycles. The Labute approximate surface area is 115 Å². The van der Waals surface area contributed by atoms with Crippen molar-refractivity contribution in [3.05, 3.63) is 23.8 Å². The lowest BCUT2D eigenvalue weighted by Gasteiger charge is -2.10. The van der Waals surface area contributed by atoms with E-state index in [1.807, 2.05) is 18.2 Å². The van der Waals surface area contributed by atoms with Crippen molar-refractivity contribution in [3.8, 4) is 11.5 Å². The summed E-state index contributed by atoms with van der Waals surface area (Å²) in [6, 6.07) is 5.73. The highest BCUT2D eigenvalue weighted by Crippen LogP contribution is 2.27. The minimum Gasteiger partial charge on any atom is -0.493 e. The molecular formula is C15H23NO3. The maximum atomic E-state index is 11.6. The van der Waals surface area contributed by atoms with E-state index in [-0.39, 0.29) is 5.91 Å². The molecule has 0 atom stereocenters. The minimum atomic E-state index is 0.0866. The number of hydrogen-bond donors (Lipinski definition) is 1. The summed E-state index contributed by atoms with van der Waals surface area (Å²) in [6.07, 6.45) is 1.19. The van der Waals surface area contributed by atoms with Crippen molar-refractivity contribution in [1.82, 2.24) is 5.32 Å². The molecule has 0 fully saturated rings. The molecule has 0 aliphatic rings. The van der Waals surface area contributed by atoms with Gasteiger partial charge in [0.25, 0.3) is 0 Å². The Morgan fingerprint density at radius 3 is 2.47 bits per heavy atom. The summed E-state index contributed by atoms with van der Waals surface area (Å²) in [5, 5.41) is 2.91. The molecule has 1 N–H and O–H groups in total. The number of nitrogens with one attached hydrogen (secondary N) is 1. The number of rotatable bonds is 7. The third-order valence-electron chi connectivity index (χ3n) is 2.80. The van der Waals surface area contributed by atoms with Crippen LogP contribution < -0.4 is 14.8 Å². The predicted molar refractivity (Wildman–Crippen MR) is 75.7 cm³/mol. The number of carbonyl (C=O) groups excluding carboxylic acids is 1. The Morgan fingerprint density at radius 2 is 1.89 bits per heavy atom. The van der Waals surface area contributed by atoms with Gasteiger partial charge in [-0.15, -0.1) is 0 Å². The van der Waals surface area contributed by atoms with Gasteiger partial charge in [-0.2, -0.15) is 0 Å². The lowest BCUT2D eigenvalue weighted by molar-refractivity contribution is -0.121. The average molecular weight is 265 g/mol. The van der Waals surface area contributed by atoms with Crippen LogP contribution in [0.1, 0.15) is 25.8 Å². The average Bonchev–Trinajstić information content (AvgIpc) is 2.42. The first-order valence-corrected chi connectivity index (χ1v) is 6.54. The van der Waals surface area contributed by atoms with Crippen molar-refractivity contribution < 1.29 is 14.3 Å². The Balaban J connectivity index is 2.51. The van der Waals surface area contributed by atoms with Gasteiger partial charge in [-0.25, -0.2) is 0 Å². The maximum absolute atomic E-state index is 11.6. The van der Waals surface area contributed by atoms with Crippen molar-refractivity contribution in [3.63, 3.8) is 0 Å². The highest BCUT2D eigenvalue weighted by Gasteiger charge is 2.07. The molecular weight excluding hydrogens is 242 g/mol. The van der Waals surface area contributed by atoms with Crippen molar-refractivity contribution in [2.24, 2.45) is 5.92 Å². The molecule has 1 amide bonds. The molecule has 0 heterocycles. The van der Waals surface area contributed by atoms with E-state index in [4.69, 9.17) is 9.47 Å². The van der Waals surface area contributed by atoms with Crippen LogP contribution in [0.25, 0.3) is 0 Å². The smallest absolute Gasteiger partial charge is 0.220 e. The Bertz CT molecular complexity index is 416. The molecule has 0 unspecified atom stereocenters. The number of amides is 1. The zero-order valence-corrected chi connectivity index (χ0v) is 12.2. The van der Waals surface area contributed by atoms with Gasteiger partial charge in [0, 0.05) is 13.0 Å². The van der Waals surface area contributed by atoms with E-state index in [1.54, 1.807) is 14.2 Å². The molecule has 0 aliphatic carbocycles. The first-order valence-electron chi connectivity index (χ1n) is 6.54. The predicted octanol–water partition coefficient (Wildman–Crippen LogP) is 2.41. The molecule has 0 bridgehead atoms. The third-order valence-corrected chi connectivity index (χ3v) is 2.80. The summed E-state index contributed by atoms with van der Waals surface area (Å²) < 4.78 is 10.4. The standard InChI is InChI=1S/C15H23NO3/c1-11(2)10-16-15(17)8-6-12-5-7-13(18-3)14(9-12)19-4/h5,7,9,11H,6,8,10H2,1-4H3,(H,16,17). The van der Waals surface area contributed by atoms with Gasteiger partial charge < -0.3 is 14.8 Å². The molecule has 0 saturated heterocycles. The van der Waals surface area contributed by atoms with E-state index in [2.05, 4.69) is 19.2 Å². The van der Waals surface area contributed by atoms with E-state index in [0.717, 1.165) is 12.1 Å². The number of ether oxygens (including phenoxy) is 2. The highest BCUT2D eigenvalue weighted by molar-refractivity contribution is 5.76. The molecule has 1 rings (SSSR count). The van der Waals surface area contributed by atoms with Crippen LogP contribution in [0.5, 0.6) is 11.5 Å².